The van der Waals surface area contributed by atoms with Crippen LogP contribution in [-0.2, 0) is 6.42 Å². The lowest BCUT2D eigenvalue weighted by Gasteiger charge is -1.90. The van der Waals surface area contributed by atoms with E-state index in [1.54, 1.807) is 0 Å². The minimum absolute atomic E-state index is 0.0234. The number of aromatic nitrogens is 1. The summed E-state index contributed by atoms with van der Waals surface area (Å²) in [5.74, 6) is 2.27. The molecule has 0 bridgehead atoms. The number of H-pyrrole nitrogens is 1. The fourth-order valence-electron chi connectivity index (χ4n) is 1.02. The van der Waals surface area contributed by atoms with Crippen molar-refractivity contribution in [1.82, 2.24) is 4.98 Å². The summed E-state index contributed by atoms with van der Waals surface area (Å²) in [6.07, 6.45) is 6.82. The Morgan fingerprint density at radius 3 is 2.92 bits per heavy atom. The van der Waals surface area contributed by atoms with Crippen LogP contribution in [0, 0.1) is 22.5 Å². The molecule has 0 saturated heterocycles. The van der Waals surface area contributed by atoms with Gasteiger partial charge in [0.05, 0.1) is 11.3 Å². The molecule has 0 saturated carbocycles. The van der Waals surface area contributed by atoms with E-state index >= 15 is 0 Å². The zero-order chi connectivity index (χ0) is 9.84. The van der Waals surface area contributed by atoms with Gasteiger partial charge in [0.2, 0.25) is 0 Å². The standard InChI is InChI=1S/C8H6N2O3/c1-2-3-7-8(10(12)13)6(5-11)4-9-7/h1,4-5,9H,3H2. The highest BCUT2D eigenvalue weighted by atomic mass is 16.6. The normalized spacial score (nSPS) is 9.15. The van der Waals surface area contributed by atoms with Gasteiger partial charge in [-0.2, -0.15) is 0 Å². The molecule has 1 rings (SSSR count). The van der Waals surface area contributed by atoms with Gasteiger partial charge in [-0.25, -0.2) is 0 Å². The number of hydrogen-bond donors (Lipinski definition) is 1. The minimum atomic E-state index is -0.618. The van der Waals surface area contributed by atoms with Crippen molar-refractivity contribution in [2.75, 3.05) is 0 Å². The number of aromatic amines is 1. The van der Waals surface area contributed by atoms with Gasteiger partial charge in [-0.15, -0.1) is 12.3 Å². The van der Waals surface area contributed by atoms with Gasteiger partial charge in [0.15, 0.2) is 6.29 Å². The number of hydrogen-bond acceptors (Lipinski definition) is 3. The van der Waals surface area contributed by atoms with E-state index < -0.39 is 4.92 Å². The molecular weight excluding hydrogens is 172 g/mol. The first kappa shape index (κ1) is 9.00. The average Bonchev–Trinajstić information content (AvgIpc) is 2.48. The molecule has 0 atom stereocenters. The Morgan fingerprint density at radius 1 is 1.77 bits per heavy atom. The Balaban J connectivity index is 3.23. The number of nitrogens with zero attached hydrogens (tertiary/aromatic N) is 1. The third-order valence-corrected chi connectivity index (χ3v) is 1.55. The summed E-state index contributed by atoms with van der Waals surface area (Å²) >= 11 is 0. The lowest BCUT2D eigenvalue weighted by molar-refractivity contribution is -0.385. The van der Waals surface area contributed by atoms with E-state index in [4.69, 9.17) is 6.42 Å². The number of rotatable bonds is 3. The van der Waals surface area contributed by atoms with E-state index in [0.717, 1.165) is 0 Å². The molecule has 5 heteroatoms. The zero-order valence-corrected chi connectivity index (χ0v) is 6.61. The van der Waals surface area contributed by atoms with E-state index in [1.807, 2.05) is 0 Å². The van der Waals surface area contributed by atoms with E-state index in [2.05, 4.69) is 10.9 Å². The second kappa shape index (κ2) is 3.54. The molecule has 0 aliphatic heterocycles. The van der Waals surface area contributed by atoms with E-state index in [1.165, 1.54) is 6.20 Å². The van der Waals surface area contributed by atoms with Crippen LogP contribution in [-0.4, -0.2) is 16.2 Å². The van der Waals surface area contributed by atoms with Gasteiger partial charge < -0.3 is 4.98 Å². The van der Waals surface area contributed by atoms with Gasteiger partial charge in [-0.1, -0.05) is 0 Å². The highest BCUT2D eigenvalue weighted by Gasteiger charge is 2.20. The molecule has 0 amide bonds. The van der Waals surface area contributed by atoms with Crippen LogP contribution in [0.1, 0.15) is 16.1 Å². The van der Waals surface area contributed by atoms with Crippen molar-refractivity contribution in [3.05, 3.63) is 27.6 Å². The fraction of sp³-hybridized carbons (Fsp3) is 0.125. The molecule has 0 spiro atoms. The maximum atomic E-state index is 10.5. The number of nitro groups is 1. The van der Waals surface area contributed by atoms with Crippen molar-refractivity contribution in [2.24, 2.45) is 0 Å². The monoisotopic (exact) mass is 178 g/mol. The smallest absolute Gasteiger partial charge is 0.301 e. The van der Waals surface area contributed by atoms with Crippen molar-refractivity contribution >= 4 is 12.0 Å². The molecule has 0 aliphatic rings. The van der Waals surface area contributed by atoms with Gasteiger partial charge in [-0.05, 0) is 0 Å². The largest absolute Gasteiger partial charge is 0.358 e. The molecule has 0 aliphatic carbocycles. The van der Waals surface area contributed by atoms with Crippen molar-refractivity contribution in [3.8, 4) is 12.3 Å². The Kier molecular flexibility index (Phi) is 2.45. The third-order valence-electron chi connectivity index (χ3n) is 1.55. The van der Waals surface area contributed by atoms with Gasteiger partial charge in [0, 0.05) is 6.20 Å². The van der Waals surface area contributed by atoms with Gasteiger partial charge in [-0.3, -0.25) is 14.9 Å². The van der Waals surface area contributed by atoms with Gasteiger partial charge in [0.25, 0.3) is 0 Å². The Hall–Kier alpha value is -2.09. The van der Waals surface area contributed by atoms with Crippen LogP contribution in [0.5, 0.6) is 0 Å². The van der Waals surface area contributed by atoms with Crippen LogP contribution in [0.2, 0.25) is 0 Å². The molecule has 0 aromatic carbocycles. The van der Waals surface area contributed by atoms with Crippen LogP contribution >= 0.6 is 0 Å². The summed E-state index contributed by atoms with van der Waals surface area (Å²) < 4.78 is 0. The fourth-order valence-corrected chi connectivity index (χ4v) is 1.02. The molecule has 1 aromatic rings. The molecule has 0 fully saturated rings. The van der Waals surface area contributed by atoms with Crippen molar-refractivity contribution in [2.45, 2.75) is 6.42 Å². The van der Waals surface area contributed by atoms with E-state index in [9.17, 15) is 14.9 Å². The number of nitrogens with one attached hydrogen (secondary N) is 1. The number of terminal acetylenes is 1. The quantitative estimate of drug-likeness (QED) is 0.323. The van der Waals surface area contributed by atoms with Crippen LogP contribution in [0.3, 0.4) is 0 Å². The van der Waals surface area contributed by atoms with Crippen molar-refractivity contribution < 1.29 is 9.72 Å². The molecule has 5 nitrogen and oxygen atoms in total. The number of carbonyl (C=O) groups is 1. The first-order valence-electron chi connectivity index (χ1n) is 3.44. The third kappa shape index (κ3) is 1.56. The number of carbonyl (C=O) groups excluding carboxylic acids is 1. The second-order valence-electron chi connectivity index (χ2n) is 2.33. The maximum Gasteiger partial charge on any atom is 0.301 e. The summed E-state index contributed by atoms with van der Waals surface area (Å²) in [5.41, 5.74) is 0.0813. The molecular formula is C8H6N2O3. The molecule has 66 valence electrons. The van der Waals surface area contributed by atoms with Crippen molar-refractivity contribution in [3.63, 3.8) is 0 Å². The summed E-state index contributed by atoms with van der Waals surface area (Å²) in [6.45, 7) is 0. The molecule has 1 aromatic heterocycles. The molecule has 0 unspecified atom stereocenters. The SMILES string of the molecule is C#CCc1[nH]cc(C=O)c1[N+](=O)[O-]. The summed E-state index contributed by atoms with van der Waals surface area (Å²) in [6, 6.07) is 0. The Labute approximate surface area is 73.9 Å². The highest BCUT2D eigenvalue weighted by Crippen LogP contribution is 2.21. The highest BCUT2D eigenvalue weighted by molar-refractivity contribution is 5.82. The van der Waals surface area contributed by atoms with Gasteiger partial charge >= 0.3 is 5.69 Å². The van der Waals surface area contributed by atoms with Crippen molar-refractivity contribution in [1.29, 1.82) is 0 Å². The average molecular weight is 178 g/mol. The van der Waals surface area contributed by atoms with Crippen LogP contribution in [0.4, 0.5) is 5.69 Å². The second-order valence-corrected chi connectivity index (χ2v) is 2.33. The maximum absolute atomic E-state index is 10.5. The molecule has 13 heavy (non-hydrogen) atoms. The molecule has 1 N–H and O–H groups in total. The predicted molar refractivity (Wildman–Crippen MR) is 45.4 cm³/mol. The first-order chi connectivity index (χ1) is 6.20. The zero-order valence-electron chi connectivity index (χ0n) is 6.61. The van der Waals surface area contributed by atoms with E-state index in [-0.39, 0.29) is 23.4 Å². The minimum Gasteiger partial charge on any atom is -0.358 e. The molecule has 0 radical (unpaired) electrons. The molecule has 1 heterocycles. The van der Waals surface area contributed by atoms with Gasteiger partial charge in [0.1, 0.15) is 11.3 Å². The van der Waals surface area contributed by atoms with Crippen LogP contribution in [0.25, 0.3) is 0 Å². The van der Waals surface area contributed by atoms with E-state index in [0.29, 0.717) is 6.29 Å². The lowest BCUT2D eigenvalue weighted by atomic mass is 10.2. The van der Waals surface area contributed by atoms with Crippen LogP contribution in [0.15, 0.2) is 6.20 Å². The predicted octanol–water partition coefficient (Wildman–Crippen LogP) is 0.911. The topological polar surface area (TPSA) is 76.0 Å². The summed E-state index contributed by atoms with van der Waals surface area (Å²) in [7, 11) is 0. The van der Waals surface area contributed by atoms with Crippen LogP contribution < -0.4 is 0 Å². The summed E-state index contributed by atoms with van der Waals surface area (Å²) in [4.78, 5) is 22.8. The Bertz CT molecular complexity index is 387. The summed E-state index contributed by atoms with van der Waals surface area (Å²) in [5, 5.41) is 10.5. The first-order valence-corrected chi connectivity index (χ1v) is 3.44. The lowest BCUT2D eigenvalue weighted by Crippen LogP contribution is -1.94. The number of aldehydes is 1. The Morgan fingerprint density at radius 2 is 2.46 bits per heavy atom.